The van der Waals surface area contributed by atoms with Gasteiger partial charge in [0.1, 0.15) is 0 Å². The van der Waals surface area contributed by atoms with Crippen molar-refractivity contribution in [3.8, 4) is 0 Å². The summed E-state index contributed by atoms with van der Waals surface area (Å²) in [7, 11) is 0. The molecule has 5 nitrogen and oxygen atoms in total. The summed E-state index contributed by atoms with van der Waals surface area (Å²) in [6.45, 7) is 6.80. The van der Waals surface area contributed by atoms with Gasteiger partial charge in [-0.05, 0) is 18.9 Å². The summed E-state index contributed by atoms with van der Waals surface area (Å²) in [5.41, 5.74) is -0.0940. The molecule has 1 aromatic heterocycles. The lowest BCUT2D eigenvalue weighted by Crippen LogP contribution is -2.48. The highest BCUT2D eigenvalue weighted by Gasteiger charge is 2.44. The maximum atomic E-state index is 6.09. The van der Waals surface area contributed by atoms with Crippen molar-refractivity contribution in [3.05, 3.63) is 31.1 Å². The molecule has 1 aromatic rings. The van der Waals surface area contributed by atoms with E-state index in [0.717, 1.165) is 38.3 Å². The number of hydrogen-bond donors (Lipinski definition) is 0. The van der Waals surface area contributed by atoms with Gasteiger partial charge < -0.3 is 14.4 Å². The number of anilines is 1. The molecular formula is C15H21N3O2. The van der Waals surface area contributed by atoms with Gasteiger partial charge in [0.15, 0.2) is 0 Å². The summed E-state index contributed by atoms with van der Waals surface area (Å²) >= 11 is 0. The topological polar surface area (TPSA) is 47.5 Å². The van der Waals surface area contributed by atoms with Crippen LogP contribution in [-0.2, 0) is 9.47 Å². The third kappa shape index (κ3) is 2.83. The van der Waals surface area contributed by atoms with Crippen LogP contribution in [0.5, 0.6) is 0 Å². The van der Waals surface area contributed by atoms with Crippen molar-refractivity contribution in [1.82, 2.24) is 9.97 Å². The zero-order valence-corrected chi connectivity index (χ0v) is 11.7. The largest absolute Gasteiger partial charge is 0.372 e. The first-order chi connectivity index (χ1) is 9.81. The molecule has 108 valence electrons. The minimum Gasteiger partial charge on any atom is -0.372 e. The van der Waals surface area contributed by atoms with Gasteiger partial charge in [-0.25, -0.2) is 9.97 Å². The second-order valence-electron chi connectivity index (χ2n) is 5.52. The van der Waals surface area contributed by atoms with E-state index in [2.05, 4.69) is 21.4 Å². The SMILES string of the molecule is C=CCO[C@@H]1CO[C@@]2(CCCN(c3ncccn3)C2)C1. The second-order valence-corrected chi connectivity index (χ2v) is 5.52. The Hall–Kier alpha value is -1.46. The van der Waals surface area contributed by atoms with Crippen LogP contribution in [0.2, 0.25) is 0 Å². The fraction of sp³-hybridized carbons (Fsp3) is 0.600. The summed E-state index contributed by atoms with van der Waals surface area (Å²) < 4.78 is 11.8. The molecule has 3 heterocycles. The molecule has 2 saturated heterocycles. The molecule has 0 unspecified atom stereocenters. The molecule has 2 aliphatic rings. The first kappa shape index (κ1) is 13.5. The van der Waals surface area contributed by atoms with Crippen molar-refractivity contribution in [3.63, 3.8) is 0 Å². The normalized spacial score (nSPS) is 29.8. The van der Waals surface area contributed by atoms with Gasteiger partial charge in [-0.2, -0.15) is 0 Å². The van der Waals surface area contributed by atoms with Gasteiger partial charge in [0.05, 0.1) is 24.9 Å². The minimum atomic E-state index is -0.0940. The van der Waals surface area contributed by atoms with Crippen LogP contribution in [0.4, 0.5) is 5.95 Å². The minimum absolute atomic E-state index is 0.0940. The Morgan fingerprint density at radius 2 is 2.35 bits per heavy atom. The standard InChI is InChI=1S/C15H21N3O2/c1-2-9-19-13-10-15(20-11-13)5-3-8-18(12-15)14-16-6-4-7-17-14/h2,4,6-7,13H,1,3,5,8-12H2/t13-,15-/m0/s1. The highest BCUT2D eigenvalue weighted by atomic mass is 16.6. The van der Waals surface area contributed by atoms with Crippen LogP contribution in [-0.4, -0.2) is 48.0 Å². The Bertz CT molecular complexity index is 454. The Morgan fingerprint density at radius 3 is 3.15 bits per heavy atom. The molecular weight excluding hydrogens is 254 g/mol. The van der Waals surface area contributed by atoms with Gasteiger partial charge in [-0.3, -0.25) is 0 Å². The van der Waals surface area contributed by atoms with Crippen LogP contribution in [0.3, 0.4) is 0 Å². The molecule has 0 bridgehead atoms. The number of ether oxygens (including phenoxy) is 2. The van der Waals surface area contributed by atoms with Crippen LogP contribution in [0.15, 0.2) is 31.1 Å². The van der Waals surface area contributed by atoms with Crippen LogP contribution in [0, 0.1) is 0 Å². The van der Waals surface area contributed by atoms with Crippen LogP contribution in [0.25, 0.3) is 0 Å². The van der Waals surface area contributed by atoms with E-state index in [1.54, 1.807) is 18.5 Å². The molecule has 1 spiro atoms. The first-order valence-electron chi connectivity index (χ1n) is 7.20. The molecule has 5 heteroatoms. The Balaban J connectivity index is 1.65. The zero-order valence-electron chi connectivity index (χ0n) is 11.7. The molecule has 0 aromatic carbocycles. The molecule has 0 radical (unpaired) electrons. The Labute approximate surface area is 119 Å². The van der Waals surface area contributed by atoms with E-state index in [0.29, 0.717) is 13.2 Å². The van der Waals surface area contributed by atoms with E-state index in [4.69, 9.17) is 9.47 Å². The molecule has 0 aliphatic carbocycles. The fourth-order valence-electron chi connectivity index (χ4n) is 3.12. The number of piperidine rings is 1. The number of nitrogens with zero attached hydrogens (tertiary/aromatic N) is 3. The molecule has 20 heavy (non-hydrogen) atoms. The van der Waals surface area contributed by atoms with Gasteiger partial charge in [0.25, 0.3) is 0 Å². The lowest BCUT2D eigenvalue weighted by molar-refractivity contribution is -0.0113. The van der Waals surface area contributed by atoms with E-state index in [9.17, 15) is 0 Å². The van der Waals surface area contributed by atoms with Gasteiger partial charge in [0.2, 0.25) is 5.95 Å². The van der Waals surface area contributed by atoms with E-state index in [1.807, 2.05) is 6.07 Å². The zero-order chi connectivity index (χ0) is 13.8. The van der Waals surface area contributed by atoms with Gasteiger partial charge in [0, 0.05) is 31.9 Å². The summed E-state index contributed by atoms with van der Waals surface area (Å²) in [4.78, 5) is 10.9. The molecule has 2 fully saturated rings. The number of hydrogen-bond acceptors (Lipinski definition) is 5. The van der Waals surface area contributed by atoms with E-state index in [-0.39, 0.29) is 11.7 Å². The predicted octanol–water partition coefficient (Wildman–Crippen LogP) is 1.81. The highest BCUT2D eigenvalue weighted by molar-refractivity contribution is 5.31. The molecule has 2 aliphatic heterocycles. The van der Waals surface area contributed by atoms with Crippen LogP contribution < -0.4 is 4.90 Å². The Morgan fingerprint density at radius 1 is 1.50 bits per heavy atom. The lowest BCUT2D eigenvalue weighted by Gasteiger charge is -2.39. The quantitative estimate of drug-likeness (QED) is 0.784. The van der Waals surface area contributed by atoms with Gasteiger partial charge >= 0.3 is 0 Å². The number of aromatic nitrogens is 2. The average molecular weight is 275 g/mol. The summed E-state index contributed by atoms with van der Waals surface area (Å²) in [6, 6.07) is 1.84. The van der Waals surface area contributed by atoms with Gasteiger partial charge in [-0.15, -0.1) is 6.58 Å². The smallest absolute Gasteiger partial charge is 0.225 e. The molecule has 0 saturated carbocycles. The fourth-order valence-corrected chi connectivity index (χ4v) is 3.12. The summed E-state index contributed by atoms with van der Waals surface area (Å²) in [5.74, 6) is 0.797. The molecule has 0 N–H and O–H groups in total. The second kappa shape index (κ2) is 5.89. The molecule has 3 rings (SSSR count). The van der Waals surface area contributed by atoms with Crippen LogP contribution >= 0.6 is 0 Å². The highest BCUT2D eigenvalue weighted by Crippen LogP contribution is 2.36. The maximum absolute atomic E-state index is 6.09. The van der Waals surface area contributed by atoms with E-state index in [1.165, 1.54) is 0 Å². The van der Waals surface area contributed by atoms with Crippen molar-refractivity contribution in [2.75, 3.05) is 31.2 Å². The van der Waals surface area contributed by atoms with Crippen molar-refractivity contribution in [2.24, 2.45) is 0 Å². The monoisotopic (exact) mass is 275 g/mol. The van der Waals surface area contributed by atoms with Gasteiger partial charge in [-0.1, -0.05) is 6.08 Å². The molecule has 0 amide bonds. The van der Waals surface area contributed by atoms with Crippen molar-refractivity contribution in [1.29, 1.82) is 0 Å². The first-order valence-corrected chi connectivity index (χ1v) is 7.20. The summed E-state index contributed by atoms with van der Waals surface area (Å²) in [5, 5.41) is 0. The molecule has 2 atom stereocenters. The van der Waals surface area contributed by atoms with Crippen molar-refractivity contribution >= 4 is 5.95 Å². The van der Waals surface area contributed by atoms with Crippen LogP contribution in [0.1, 0.15) is 19.3 Å². The van der Waals surface area contributed by atoms with E-state index >= 15 is 0 Å². The average Bonchev–Trinajstić information content (AvgIpc) is 2.89. The van der Waals surface area contributed by atoms with E-state index < -0.39 is 0 Å². The third-order valence-corrected chi connectivity index (χ3v) is 4.00. The predicted molar refractivity (Wildman–Crippen MR) is 76.7 cm³/mol. The van der Waals surface area contributed by atoms with Crippen molar-refractivity contribution in [2.45, 2.75) is 31.0 Å². The number of rotatable bonds is 4. The lowest BCUT2D eigenvalue weighted by atomic mass is 9.89. The van der Waals surface area contributed by atoms with Crippen molar-refractivity contribution < 1.29 is 9.47 Å². The Kier molecular flexibility index (Phi) is 3.98. The maximum Gasteiger partial charge on any atom is 0.225 e. The summed E-state index contributed by atoms with van der Waals surface area (Å²) in [6.07, 6.45) is 8.69. The third-order valence-electron chi connectivity index (χ3n) is 4.00.